The van der Waals surface area contributed by atoms with E-state index in [1.165, 1.54) is 18.2 Å². The Kier molecular flexibility index (Phi) is 6.10. The lowest BCUT2D eigenvalue weighted by Gasteiger charge is -2.37. The highest BCUT2D eigenvalue weighted by Crippen LogP contribution is 2.69. The van der Waals surface area contributed by atoms with Gasteiger partial charge < -0.3 is 10.4 Å². The third-order valence-corrected chi connectivity index (χ3v) is 8.57. The highest BCUT2D eigenvalue weighted by Gasteiger charge is 2.65. The molecule has 0 unspecified atom stereocenters. The van der Waals surface area contributed by atoms with Crippen LogP contribution in [0.2, 0.25) is 0 Å². The number of hydrogen-bond acceptors (Lipinski definition) is 8. The van der Waals surface area contributed by atoms with Crippen LogP contribution in [0.25, 0.3) is 22.6 Å². The van der Waals surface area contributed by atoms with E-state index in [1.54, 1.807) is 24.7 Å². The molecule has 1 saturated carbocycles. The van der Waals surface area contributed by atoms with Gasteiger partial charge in [0.15, 0.2) is 5.82 Å². The number of halogens is 2. The molecule has 2 N–H and O–H groups in total. The number of rotatable bonds is 7. The van der Waals surface area contributed by atoms with Gasteiger partial charge >= 0.3 is 0 Å². The smallest absolute Gasteiger partial charge is 0.222 e. The van der Waals surface area contributed by atoms with Gasteiger partial charge in [0, 0.05) is 25.1 Å². The summed E-state index contributed by atoms with van der Waals surface area (Å²) in [6.07, 6.45) is 6.95. The second-order valence-electron chi connectivity index (χ2n) is 10.9. The molecule has 10 heteroatoms. The normalized spacial score (nSPS) is 21.5. The number of aliphatic hydroxyl groups is 1. The molecule has 4 aromatic rings. The van der Waals surface area contributed by atoms with Gasteiger partial charge in [-0.2, -0.15) is 5.10 Å². The van der Waals surface area contributed by atoms with Crippen LogP contribution in [-0.2, 0) is 5.41 Å². The molecule has 2 aliphatic carbocycles. The van der Waals surface area contributed by atoms with Crippen molar-refractivity contribution in [1.82, 2.24) is 30.1 Å². The van der Waals surface area contributed by atoms with Gasteiger partial charge in [-0.05, 0) is 60.4 Å². The lowest BCUT2D eigenvalue weighted by Crippen LogP contribution is -2.38. The number of nitrogens with one attached hydrogen (secondary N) is 1. The number of fused-ring (bicyclic) bond motifs is 5. The molecule has 8 nitrogen and oxygen atoms in total. The fraction of sp³-hybridized carbons (Fsp3) is 0.379. The Morgan fingerprint density at radius 3 is 2.54 bits per heavy atom. The first-order chi connectivity index (χ1) is 18.8. The fourth-order valence-corrected chi connectivity index (χ4v) is 6.38. The van der Waals surface area contributed by atoms with E-state index in [4.69, 9.17) is 4.98 Å². The van der Waals surface area contributed by atoms with Crippen molar-refractivity contribution in [1.29, 1.82) is 0 Å². The molecule has 2 aliphatic rings. The first kappa shape index (κ1) is 25.4. The van der Waals surface area contributed by atoms with Crippen LogP contribution >= 0.6 is 0 Å². The standard InChI is InChI=1S/C29H29F2N7O/c1-4-17(39)15-35-27-33-13-16(14-34-27)26-32-11-9-23(36-26)29-10-8-19(28(29,2)3)18-12-22(37-38-25(18)29)24-20(30)6-5-7-21(24)31/h5-7,9,11-14,17,19,39H,4,8,10,15H2,1-3H3,(H,33,34,35)/t17-,19-,29-/m0/s1. The summed E-state index contributed by atoms with van der Waals surface area (Å²) in [5.41, 5.74) is 2.52. The summed E-state index contributed by atoms with van der Waals surface area (Å²) in [6, 6.07) is 7.52. The van der Waals surface area contributed by atoms with Crippen LogP contribution in [0.3, 0.4) is 0 Å². The molecular weight excluding hydrogens is 500 g/mol. The summed E-state index contributed by atoms with van der Waals surface area (Å²) in [4.78, 5) is 18.2. The van der Waals surface area contributed by atoms with E-state index in [0.717, 1.165) is 29.8 Å². The van der Waals surface area contributed by atoms with Crippen LogP contribution in [0, 0.1) is 17.0 Å². The maximum Gasteiger partial charge on any atom is 0.222 e. The zero-order chi connectivity index (χ0) is 27.4. The molecule has 3 heterocycles. The Morgan fingerprint density at radius 2 is 1.82 bits per heavy atom. The minimum atomic E-state index is -0.660. The molecule has 0 spiro atoms. The summed E-state index contributed by atoms with van der Waals surface area (Å²) in [6.45, 7) is 6.67. The van der Waals surface area contributed by atoms with Crippen molar-refractivity contribution in [2.24, 2.45) is 5.41 Å². The van der Waals surface area contributed by atoms with Crippen LogP contribution in [0.1, 0.15) is 62.9 Å². The molecule has 0 aliphatic heterocycles. The Hall–Kier alpha value is -3.92. The van der Waals surface area contributed by atoms with E-state index in [1.807, 2.05) is 13.0 Å². The third-order valence-electron chi connectivity index (χ3n) is 8.57. The van der Waals surface area contributed by atoms with Crippen LogP contribution < -0.4 is 5.32 Å². The van der Waals surface area contributed by atoms with Crippen LogP contribution in [0.15, 0.2) is 48.9 Å². The summed E-state index contributed by atoms with van der Waals surface area (Å²) in [7, 11) is 0. The second kappa shape index (κ2) is 9.37. The number of nitrogens with zero attached hydrogens (tertiary/aromatic N) is 6. The lowest BCUT2D eigenvalue weighted by molar-refractivity contribution is 0.183. The predicted octanol–water partition coefficient (Wildman–Crippen LogP) is 5.05. The summed E-state index contributed by atoms with van der Waals surface area (Å²) >= 11 is 0. The summed E-state index contributed by atoms with van der Waals surface area (Å²) in [5.74, 6) is -0.267. The minimum Gasteiger partial charge on any atom is -0.391 e. The SMILES string of the molecule is CC[C@H](O)CNc1ncc(-c2nccc([C@@]34CC[C@@H](c5cc(-c6c(F)cccc6F)nnc53)C4(C)C)n2)cn1. The first-order valence-corrected chi connectivity index (χ1v) is 13.2. The number of aromatic nitrogens is 6. The van der Waals surface area contributed by atoms with Gasteiger partial charge in [-0.15, -0.1) is 5.10 Å². The van der Waals surface area contributed by atoms with Crippen LogP contribution in [0.4, 0.5) is 14.7 Å². The van der Waals surface area contributed by atoms with E-state index in [9.17, 15) is 13.9 Å². The highest BCUT2D eigenvalue weighted by atomic mass is 19.1. The Labute approximate surface area is 225 Å². The van der Waals surface area contributed by atoms with Gasteiger partial charge in [-0.1, -0.05) is 26.8 Å². The first-order valence-electron chi connectivity index (χ1n) is 13.2. The fourth-order valence-electron chi connectivity index (χ4n) is 6.38. The molecule has 1 fully saturated rings. The van der Waals surface area contributed by atoms with Crippen molar-refractivity contribution >= 4 is 5.95 Å². The van der Waals surface area contributed by atoms with Gasteiger partial charge in [-0.25, -0.2) is 28.7 Å². The molecule has 0 saturated heterocycles. The van der Waals surface area contributed by atoms with E-state index in [0.29, 0.717) is 30.3 Å². The Balaban J connectivity index is 1.38. The molecule has 2 bridgehead atoms. The van der Waals surface area contributed by atoms with E-state index in [2.05, 4.69) is 44.3 Å². The average Bonchev–Trinajstić information content (AvgIpc) is 3.33. The van der Waals surface area contributed by atoms with Crippen molar-refractivity contribution in [3.05, 3.63) is 77.5 Å². The monoisotopic (exact) mass is 529 g/mol. The maximum absolute atomic E-state index is 14.5. The number of hydrogen-bond donors (Lipinski definition) is 2. The van der Waals surface area contributed by atoms with Gasteiger partial charge in [0.1, 0.15) is 11.6 Å². The van der Waals surface area contributed by atoms with E-state index in [-0.39, 0.29) is 22.6 Å². The molecule has 3 atom stereocenters. The predicted molar refractivity (Wildman–Crippen MR) is 142 cm³/mol. The minimum absolute atomic E-state index is 0.141. The molecule has 0 amide bonds. The number of aliphatic hydroxyl groups excluding tert-OH is 1. The highest BCUT2D eigenvalue weighted by molar-refractivity contribution is 5.64. The van der Waals surface area contributed by atoms with Crippen molar-refractivity contribution in [3.8, 4) is 22.6 Å². The number of benzene rings is 1. The van der Waals surface area contributed by atoms with Crippen LogP contribution in [-0.4, -0.2) is 47.9 Å². The zero-order valence-electron chi connectivity index (χ0n) is 22.0. The van der Waals surface area contributed by atoms with Gasteiger partial charge in [0.25, 0.3) is 0 Å². The molecule has 1 aromatic carbocycles. The Morgan fingerprint density at radius 1 is 1.08 bits per heavy atom. The third kappa shape index (κ3) is 3.88. The second-order valence-corrected chi connectivity index (χ2v) is 10.9. The molecule has 3 aromatic heterocycles. The van der Waals surface area contributed by atoms with Gasteiger partial charge in [0.05, 0.1) is 39.7 Å². The Bertz CT molecular complexity index is 1530. The quantitative estimate of drug-likeness (QED) is 0.342. The van der Waals surface area contributed by atoms with Gasteiger partial charge in [-0.3, -0.25) is 0 Å². The number of anilines is 1. The van der Waals surface area contributed by atoms with E-state index >= 15 is 0 Å². The van der Waals surface area contributed by atoms with Crippen molar-refractivity contribution in [2.45, 2.75) is 57.5 Å². The molecular formula is C29H29F2N7O. The summed E-state index contributed by atoms with van der Waals surface area (Å²) in [5, 5.41) is 21.7. The summed E-state index contributed by atoms with van der Waals surface area (Å²) < 4.78 is 29.1. The van der Waals surface area contributed by atoms with Crippen molar-refractivity contribution in [2.75, 3.05) is 11.9 Å². The zero-order valence-corrected chi connectivity index (χ0v) is 22.0. The topological polar surface area (TPSA) is 110 Å². The van der Waals surface area contributed by atoms with Crippen molar-refractivity contribution < 1.29 is 13.9 Å². The molecule has 6 rings (SSSR count). The maximum atomic E-state index is 14.5. The van der Waals surface area contributed by atoms with Crippen molar-refractivity contribution in [3.63, 3.8) is 0 Å². The molecule has 39 heavy (non-hydrogen) atoms. The van der Waals surface area contributed by atoms with E-state index < -0.39 is 23.2 Å². The van der Waals surface area contributed by atoms with Crippen LogP contribution in [0.5, 0.6) is 0 Å². The van der Waals surface area contributed by atoms with Gasteiger partial charge in [0.2, 0.25) is 5.95 Å². The average molecular weight is 530 g/mol. The molecule has 0 radical (unpaired) electrons. The largest absolute Gasteiger partial charge is 0.391 e. The lowest BCUT2D eigenvalue weighted by atomic mass is 9.66. The molecule has 200 valence electrons.